The van der Waals surface area contributed by atoms with Crippen LogP contribution in [0.1, 0.15) is 31.8 Å². The highest BCUT2D eigenvalue weighted by Crippen LogP contribution is 2.36. The largest absolute Gasteiger partial charge is 0.507 e. The topological polar surface area (TPSA) is 295 Å². The standard InChI is InChI=1S/C34H22O18S5/c35-29-7-3-22(15-27(29)33(37)19-10-18-12-24(56(43,44)45)2-6-25(18)31(13-19)54-52-50-40)55(41,42)23-4-8-30(36)28(16-23)34(38)20-9-17-11-21(53-51-49-39)1-5-26(17)32(14-20)57(46,47)48/h1-16,35-36,39-40H,(H,43,44,45)(H,46,47,48). The molecule has 6 aromatic rings. The molecule has 0 aromatic heterocycles. The molecular weight excluding hydrogens is 857 g/mol. The fourth-order valence-corrected chi connectivity index (χ4v) is 9.19. The zero-order valence-electron chi connectivity index (χ0n) is 27.9. The Morgan fingerprint density at radius 1 is 0.526 bits per heavy atom. The minimum atomic E-state index is -4.95. The molecule has 0 bridgehead atoms. The number of aromatic hydroxyl groups is 2. The Labute approximate surface area is 329 Å². The minimum Gasteiger partial charge on any atom is -0.507 e. The zero-order chi connectivity index (χ0) is 41.4. The summed E-state index contributed by atoms with van der Waals surface area (Å²) in [6.07, 6.45) is 0. The van der Waals surface area contributed by atoms with E-state index in [9.17, 15) is 54.2 Å². The van der Waals surface area contributed by atoms with Crippen molar-refractivity contribution in [2.75, 3.05) is 0 Å². The third-order valence-electron chi connectivity index (χ3n) is 8.23. The molecule has 0 aliphatic carbocycles. The zero-order valence-corrected chi connectivity index (χ0v) is 31.9. The van der Waals surface area contributed by atoms with Gasteiger partial charge in [-0.2, -0.15) is 16.8 Å². The summed E-state index contributed by atoms with van der Waals surface area (Å²) in [6, 6.07) is 17.0. The van der Waals surface area contributed by atoms with Gasteiger partial charge >= 0.3 is 0 Å². The van der Waals surface area contributed by atoms with Gasteiger partial charge < -0.3 is 10.2 Å². The maximum atomic E-state index is 14.0. The van der Waals surface area contributed by atoms with Crippen molar-refractivity contribution in [3.05, 3.63) is 119 Å². The molecule has 0 unspecified atom stereocenters. The van der Waals surface area contributed by atoms with Crippen molar-refractivity contribution in [1.82, 2.24) is 0 Å². The van der Waals surface area contributed by atoms with Crippen molar-refractivity contribution in [3.8, 4) is 11.5 Å². The molecule has 23 heteroatoms. The molecule has 0 spiro atoms. The van der Waals surface area contributed by atoms with Gasteiger partial charge in [0.15, 0.2) is 11.6 Å². The summed E-state index contributed by atoms with van der Waals surface area (Å²) in [4.78, 5) is 25.6. The first-order valence-corrected chi connectivity index (χ1v) is 21.1. The second-order valence-electron chi connectivity index (χ2n) is 11.6. The van der Waals surface area contributed by atoms with Gasteiger partial charge in [0.2, 0.25) is 9.84 Å². The molecule has 0 fully saturated rings. The summed E-state index contributed by atoms with van der Waals surface area (Å²) >= 11 is 0.916. The second-order valence-corrected chi connectivity index (χ2v) is 17.9. The molecule has 0 aliphatic rings. The fraction of sp³-hybridized carbons (Fsp3) is 0. The number of phenolic OH excluding ortho intramolecular Hbond substituents is 2. The normalized spacial score (nSPS) is 12.3. The summed E-state index contributed by atoms with van der Waals surface area (Å²) < 4.78 is 105. The maximum absolute atomic E-state index is 14.0. The lowest BCUT2D eigenvalue weighted by Crippen LogP contribution is -2.09. The van der Waals surface area contributed by atoms with Crippen molar-refractivity contribution in [2.24, 2.45) is 0 Å². The summed E-state index contributed by atoms with van der Waals surface area (Å²) in [5.74, 6) is -3.47. The number of rotatable bonds is 14. The molecule has 0 radical (unpaired) electrons. The van der Waals surface area contributed by atoms with E-state index >= 15 is 0 Å². The van der Waals surface area contributed by atoms with Gasteiger partial charge in [0, 0.05) is 26.3 Å². The summed E-state index contributed by atoms with van der Waals surface area (Å²) in [6.45, 7) is 0. The highest BCUT2D eigenvalue weighted by molar-refractivity contribution is 7.95. The number of carbonyl (C=O) groups is 2. The SMILES string of the molecule is O=C(c1cc(SOOO)c2ccc(S(=O)(=O)O)cc2c1)c1cc(S(=O)(=O)c2ccc(O)c(C(=O)c3cc(S(=O)(=O)O)c4ccc(SOOO)cc4c3)c2)ccc1O. The van der Waals surface area contributed by atoms with Gasteiger partial charge in [-0.3, -0.25) is 18.7 Å². The van der Waals surface area contributed by atoms with Gasteiger partial charge in [-0.25, -0.2) is 18.9 Å². The van der Waals surface area contributed by atoms with E-state index in [-0.39, 0.29) is 36.9 Å². The molecule has 0 heterocycles. The Morgan fingerprint density at radius 3 is 1.58 bits per heavy atom. The second kappa shape index (κ2) is 16.1. The van der Waals surface area contributed by atoms with Crippen molar-refractivity contribution < 1.29 is 83.4 Å². The van der Waals surface area contributed by atoms with Crippen LogP contribution in [0.15, 0.2) is 126 Å². The predicted octanol–water partition coefficient (Wildman–Crippen LogP) is 6.05. The number of fused-ring (bicyclic) bond motifs is 2. The summed E-state index contributed by atoms with van der Waals surface area (Å²) in [7, 11) is -14.3. The van der Waals surface area contributed by atoms with Crippen LogP contribution in [0.4, 0.5) is 0 Å². The third-order valence-corrected chi connectivity index (χ3v) is 12.9. The molecule has 0 amide bonds. The van der Waals surface area contributed by atoms with Gasteiger partial charge in [-0.1, -0.05) is 22.2 Å². The lowest BCUT2D eigenvalue weighted by atomic mass is 9.99. The van der Waals surface area contributed by atoms with Crippen LogP contribution in [0.2, 0.25) is 0 Å². The summed E-state index contributed by atoms with van der Waals surface area (Å²) in [5.41, 5.74) is -1.84. The van der Waals surface area contributed by atoms with Gasteiger partial charge in [-0.15, -0.1) is 8.67 Å². The average Bonchev–Trinajstić information content (AvgIpc) is 3.17. The Bertz CT molecular complexity index is 2970. The minimum absolute atomic E-state index is 0.0319. The maximum Gasteiger partial charge on any atom is 0.295 e. The van der Waals surface area contributed by atoms with E-state index in [0.29, 0.717) is 24.1 Å². The van der Waals surface area contributed by atoms with Crippen molar-refractivity contribution in [1.29, 1.82) is 0 Å². The van der Waals surface area contributed by atoms with Crippen LogP contribution < -0.4 is 0 Å². The highest BCUT2D eigenvalue weighted by atomic mass is 32.2. The van der Waals surface area contributed by atoms with Crippen molar-refractivity contribution in [2.45, 2.75) is 29.4 Å². The fourth-order valence-electron chi connectivity index (χ4n) is 5.66. The number of hydrogen-bond donors (Lipinski definition) is 6. The van der Waals surface area contributed by atoms with Gasteiger partial charge in [0.25, 0.3) is 20.2 Å². The van der Waals surface area contributed by atoms with Gasteiger partial charge in [-0.05, 0) is 101 Å². The number of carbonyl (C=O) groups excluding carboxylic acids is 2. The van der Waals surface area contributed by atoms with Crippen LogP contribution in [0, 0.1) is 0 Å². The molecule has 296 valence electrons. The van der Waals surface area contributed by atoms with Crippen molar-refractivity contribution in [3.63, 3.8) is 0 Å². The van der Waals surface area contributed by atoms with Crippen LogP contribution >= 0.6 is 24.1 Å². The van der Waals surface area contributed by atoms with E-state index in [4.69, 9.17) is 10.5 Å². The van der Waals surface area contributed by atoms with Gasteiger partial charge in [0.05, 0.1) is 49.9 Å². The van der Waals surface area contributed by atoms with E-state index in [1.54, 1.807) is 0 Å². The first-order chi connectivity index (χ1) is 26.8. The Kier molecular flexibility index (Phi) is 11.8. The molecular formula is C34H22O18S5. The lowest BCUT2D eigenvalue weighted by molar-refractivity contribution is -0.432. The quantitative estimate of drug-likeness (QED) is 0.0239. The molecule has 18 nitrogen and oxygen atoms in total. The lowest BCUT2D eigenvalue weighted by Gasteiger charge is -2.13. The van der Waals surface area contributed by atoms with E-state index in [1.165, 1.54) is 42.5 Å². The number of phenols is 2. The highest BCUT2D eigenvalue weighted by Gasteiger charge is 2.27. The van der Waals surface area contributed by atoms with Crippen LogP contribution in [0.3, 0.4) is 0 Å². The van der Waals surface area contributed by atoms with Gasteiger partial charge in [0.1, 0.15) is 16.4 Å². The first-order valence-electron chi connectivity index (χ1n) is 15.2. The van der Waals surface area contributed by atoms with E-state index in [2.05, 4.69) is 18.7 Å². The molecule has 0 saturated carbocycles. The third kappa shape index (κ3) is 8.65. The number of sulfone groups is 1. The van der Waals surface area contributed by atoms with E-state index in [0.717, 1.165) is 54.6 Å². The monoisotopic (exact) mass is 878 g/mol. The smallest absolute Gasteiger partial charge is 0.295 e. The van der Waals surface area contributed by atoms with Crippen LogP contribution in [-0.4, -0.2) is 66.7 Å². The predicted molar refractivity (Wildman–Crippen MR) is 197 cm³/mol. The van der Waals surface area contributed by atoms with E-state index < -0.39 is 89.4 Å². The Hall–Kier alpha value is -4.99. The Balaban J connectivity index is 1.41. The summed E-state index contributed by atoms with van der Waals surface area (Å²) in [5, 5.41) is 46.1. The molecule has 0 atom stereocenters. The molecule has 6 rings (SSSR count). The number of ketones is 2. The molecule has 57 heavy (non-hydrogen) atoms. The van der Waals surface area contributed by atoms with Crippen molar-refractivity contribution >= 4 is 87.3 Å². The number of hydrogen-bond acceptors (Lipinski definition) is 18. The molecule has 6 N–H and O–H groups in total. The Morgan fingerprint density at radius 2 is 1.04 bits per heavy atom. The first kappa shape index (κ1) is 41.6. The number of benzene rings is 6. The molecule has 0 saturated heterocycles. The molecule has 0 aliphatic heterocycles. The van der Waals surface area contributed by atoms with E-state index in [1.807, 2.05) is 0 Å². The average molecular weight is 879 g/mol. The molecule has 6 aromatic carbocycles. The van der Waals surface area contributed by atoms with Crippen LogP contribution in [0.25, 0.3) is 21.5 Å². The van der Waals surface area contributed by atoms with Crippen LogP contribution in [0.5, 0.6) is 11.5 Å². The van der Waals surface area contributed by atoms with Crippen LogP contribution in [-0.2, 0) is 48.8 Å².